The van der Waals surface area contributed by atoms with Crippen LogP contribution in [0.1, 0.15) is 37.3 Å². The van der Waals surface area contributed by atoms with Crippen LogP contribution in [0.25, 0.3) is 0 Å². The largest absolute Gasteiger partial charge is 0.331 e. The molecule has 19 heavy (non-hydrogen) atoms. The van der Waals surface area contributed by atoms with Gasteiger partial charge in [0.25, 0.3) is 0 Å². The molecule has 0 aromatic heterocycles. The highest BCUT2D eigenvalue weighted by molar-refractivity contribution is 7.80. The van der Waals surface area contributed by atoms with E-state index in [2.05, 4.69) is 10.6 Å². The lowest BCUT2D eigenvalue weighted by Gasteiger charge is -2.14. The van der Waals surface area contributed by atoms with Crippen molar-refractivity contribution in [2.24, 2.45) is 0 Å². The molecule has 0 aliphatic rings. The first-order chi connectivity index (χ1) is 8.93. The second kappa shape index (κ2) is 7.46. The number of halogens is 1. The number of rotatable bonds is 4. The maximum Gasteiger partial charge on any atom is 0.226 e. The molecular formula is C14H19ClN2OS. The number of thiocarbonyl (C=S) groups is 1. The Morgan fingerprint density at radius 1 is 1.37 bits per heavy atom. The van der Waals surface area contributed by atoms with E-state index in [9.17, 15) is 4.79 Å². The molecule has 104 valence electrons. The molecule has 0 saturated heterocycles. The Morgan fingerprint density at radius 2 is 2.05 bits per heavy atom. The Hall–Kier alpha value is -1.13. The van der Waals surface area contributed by atoms with E-state index in [1.54, 1.807) is 0 Å². The van der Waals surface area contributed by atoms with Gasteiger partial charge < -0.3 is 10.6 Å². The molecular weight excluding hydrogens is 280 g/mol. The number of anilines is 1. The smallest absolute Gasteiger partial charge is 0.226 e. The fraction of sp³-hybridized carbons (Fsp3) is 0.429. The van der Waals surface area contributed by atoms with E-state index < -0.39 is 0 Å². The van der Waals surface area contributed by atoms with Gasteiger partial charge in [0, 0.05) is 6.42 Å². The highest BCUT2D eigenvalue weighted by Crippen LogP contribution is 2.27. The van der Waals surface area contributed by atoms with Gasteiger partial charge in [-0.25, -0.2) is 0 Å². The monoisotopic (exact) mass is 298 g/mol. The van der Waals surface area contributed by atoms with Gasteiger partial charge in [-0.05, 0) is 49.7 Å². The molecule has 3 nitrogen and oxygen atoms in total. The third-order valence-electron chi connectivity index (χ3n) is 2.68. The van der Waals surface area contributed by atoms with Crippen LogP contribution in [0, 0.1) is 13.8 Å². The van der Waals surface area contributed by atoms with Crippen LogP contribution in [0.4, 0.5) is 5.69 Å². The van der Waals surface area contributed by atoms with E-state index in [4.69, 9.17) is 23.8 Å². The number of carbonyl (C=O) groups excluding carboxylic acids is 1. The van der Waals surface area contributed by atoms with Gasteiger partial charge in [0.05, 0.1) is 10.7 Å². The van der Waals surface area contributed by atoms with E-state index in [0.717, 1.165) is 29.7 Å². The van der Waals surface area contributed by atoms with Crippen molar-refractivity contribution in [3.63, 3.8) is 0 Å². The molecule has 0 fully saturated rings. The molecule has 5 heteroatoms. The van der Waals surface area contributed by atoms with Crippen molar-refractivity contribution in [3.05, 3.63) is 28.3 Å². The molecule has 1 aromatic carbocycles. The first-order valence-corrected chi connectivity index (χ1v) is 7.10. The van der Waals surface area contributed by atoms with Crippen LogP contribution in [-0.4, -0.2) is 11.0 Å². The lowest BCUT2D eigenvalue weighted by molar-refractivity contribution is -0.119. The lowest BCUT2D eigenvalue weighted by Crippen LogP contribution is -2.34. The first kappa shape index (κ1) is 15.9. The molecule has 0 radical (unpaired) electrons. The summed E-state index contributed by atoms with van der Waals surface area (Å²) < 4.78 is 0. The number of unbranched alkanes of at least 4 members (excludes halogenated alkanes) is 1. The van der Waals surface area contributed by atoms with E-state index in [-0.39, 0.29) is 11.0 Å². The van der Waals surface area contributed by atoms with Crippen LogP contribution in [-0.2, 0) is 4.79 Å². The molecule has 2 N–H and O–H groups in total. The highest BCUT2D eigenvalue weighted by atomic mass is 35.5. The second-order valence-corrected chi connectivity index (χ2v) is 5.36. The molecule has 0 spiro atoms. The quantitative estimate of drug-likeness (QED) is 0.827. The maximum absolute atomic E-state index is 11.6. The van der Waals surface area contributed by atoms with Crippen molar-refractivity contribution in [1.29, 1.82) is 0 Å². The lowest BCUT2D eigenvalue weighted by atomic mass is 10.1. The Balaban J connectivity index is 2.65. The average Bonchev–Trinajstić information content (AvgIpc) is 2.31. The van der Waals surface area contributed by atoms with E-state index >= 15 is 0 Å². The average molecular weight is 299 g/mol. The van der Waals surface area contributed by atoms with Gasteiger partial charge in [0.1, 0.15) is 0 Å². The Kier molecular flexibility index (Phi) is 6.25. The number of amides is 1. The zero-order valence-electron chi connectivity index (χ0n) is 11.5. The summed E-state index contributed by atoms with van der Waals surface area (Å²) in [5, 5.41) is 6.52. The number of nitrogens with one attached hydrogen (secondary N) is 2. The Labute approximate surface area is 124 Å². The van der Waals surface area contributed by atoms with Gasteiger partial charge in [0.2, 0.25) is 5.91 Å². The van der Waals surface area contributed by atoms with Crippen LogP contribution < -0.4 is 10.6 Å². The van der Waals surface area contributed by atoms with E-state index in [1.807, 2.05) is 32.9 Å². The molecule has 0 atom stereocenters. The number of aryl methyl sites for hydroxylation is 2. The predicted octanol–water partition coefficient (Wildman–Crippen LogP) is 3.96. The molecule has 1 aromatic rings. The maximum atomic E-state index is 11.6. The van der Waals surface area contributed by atoms with Crippen LogP contribution >= 0.6 is 23.8 Å². The van der Waals surface area contributed by atoms with Crippen molar-refractivity contribution in [2.45, 2.75) is 40.0 Å². The summed E-state index contributed by atoms with van der Waals surface area (Å²) in [5.74, 6) is -0.0692. The molecule has 0 saturated carbocycles. The Morgan fingerprint density at radius 3 is 2.63 bits per heavy atom. The number of hydrogen-bond acceptors (Lipinski definition) is 2. The van der Waals surface area contributed by atoms with Gasteiger partial charge in [-0.2, -0.15) is 0 Å². The van der Waals surface area contributed by atoms with Crippen LogP contribution in [0.15, 0.2) is 12.1 Å². The second-order valence-electron chi connectivity index (χ2n) is 4.54. The van der Waals surface area contributed by atoms with Gasteiger partial charge in [-0.3, -0.25) is 4.79 Å². The summed E-state index contributed by atoms with van der Waals surface area (Å²) >= 11 is 11.3. The SMILES string of the molecule is CCCCC(=O)NC(=S)Nc1c(C)cc(C)cc1Cl. The van der Waals surface area contributed by atoms with Crippen molar-refractivity contribution < 1.29 is 4.79 Å². The number of carbonyl (C=O) groups is 1. The summed E-state index contributed by atoms with van der Waals surface area (Å²) in [5.41, 5.74) is 2.83. The fourth-order valence-corrected chi connectivity index (χ4v) is 2.33. The normalized spacial score (nSPS) is 10.1. The molecule has 0 heterocycles. The summed E-state index contributed by atoms with van der Waals surface area (Å²) in [7, 11) is 0. The van der Waals surface area contributed by atoms with Crippen LogP contribution in [0.5, 0.6) is 0 Å². The Bertz CT molecular complexity index is 465. The summed E-state index contributed by atoms with van der Waals surface area (Å²) in [6.45, 7) is 5.97. The van der Waals surface area contributed by atoms with E-state index in [1.165, 1.54) is 0 Å². The third-order valence-corrected chi connectivity index (χ3v) is 3.18. The molecule has 0 bridgehead atoms. The van der Waals surface area contributed by atoms with Crippen molar-refractivity contribution in [2.75, 3.05) is 5.32 Å². The highest BCUT2D eigenvalue weighted by Gasteiger charge is 2.09. The molecule has 0 aliphatic heterocycles. The zero-order chi connectivity index (χ0) is 14.4. The zero-order valence-corrected chi connectivity index (χ0v) is 13.0. The molecule has 1 rings (SSSR count). The summed E-state index contributed by atoms with van der Waals surface area (Å²) in [6.07, 6.45) is 2.33. The number of benzene rings is 1. The standard InChI is InChI=1S/C14H19ClN2OS/c1-4-5-6-12(18)16-14(19)17-13-10(3)7-9(2)8-11(13)15/h7-8H,4-6H2,1-3H3,(H2,16,17,18,19). The minimum absolute atomic E-state index is 0.0692. The minimum atomic E-state index is -0.0692. The van der Waals surface area contributed by atoms with Crippen molar-refractivity contribution in [1.82, 2.24) is 5.32 Å². The van der Waals surface area contributed by atoms with Crippen molar-refractivity contribution in [3.8, 4) is 0 Å². The third kappa shape index (κ3) is 5.17. The minimum Gasteiger partial charge on any atom is -0.331 e. The molecule has 0 unspecified atom stereocenters. The topological polar surface area (TPSA) is 41.1 Å². The van der Waals surface area contributed by atoms with Gasteiger partial charge >= 0.3 is 0 Å². The van der Waals surface area contributed by atoms with Gasteiger partial charge in [0.15, 0.2) is 5.11 Å². The van der Waals surface area contributed by atoms with Gasteiger partial charge in [-0.15, -0.1) is 0 Å². The van der Waals surface area contributed by atoms with Crippen LogP contribution in [0.2, 0.25) is 5.02 Å². The van der Waals surface area contributed by atoms with Crippen LogP contribution in [0.3, 0.4) is 0 Å². The summed E-state index contributed by atoms with van der Waals surface area (Å²) in [6, 6.07) is 3.87. The van der Waals surface area contributed by atoms with Crippen molar-refractivity contribution >= 4 is 40.5 Å². The number of hydrogen-bond donors (Lipinski definition) is 2. The molecule has 1 amide bonds. The first-order valence-electron chi connectivity index (χ1n) is 6.31. The van der Waals surface area contributed by atoms with E-state index in [0.29, 0.717) is 11.4 Å². The molecule has 0 aliphatic carbocycles. The fourth-order valence-electron chi connectivity index (χ4n) is 1.75. The van der Waals surface area contributed by atoms with Gasteiger partial charge in [-0.1, -0.05) is 31.0 Å². The summed E-state index contributed by atoms with van der Waals surface area (Å²) in [4.78, 5) is 11.6. The predicted molar refractivity (Wildman–Crippen MR) is 84.8 cm³/mol.